The minimum Gasteiger partial charge on any atom is -0.497 e. The zero-order valence-corrected chi connectivity index (χ0v) is 9.83. The van der Waals surface area contributed by atoms with Gasteiger partial charge in [-0.15, -0.1) is 0 Å². The highest BCUT2D eigenvalue weighted by Crippen LogP contribution is 2.24. The number of benzene rings is 1. The molecule has 0 aliphatic heterocycles. The second-order valence-electron chi connectivity index (χ2n) is 3.66. The van der Waals surface area contributed by atoms with Crippen molar-refractivity contribution in [2.45, 2.75) is 20.3 Å². The summed E-state index contributed by atoms with van der Waals surface area (Å²) < 4.78 is 10.5. The quantitative estimate of drug-likeness (QED) is 0.704. The lowest BCUT2D eigenvalue weighted by molar-refractivity contribution is 0.399. The SMILES string of the molecule is COc1ccc(OC)c(CC=C(C)C)c1. The third-order valence-corrected chi connectivity index (χ3v) is 2.22. The topological polar surface area (TPSA) is 18.5 Å². The van der Waals surface area contributed by atoms with Gasteiger partial charge in [-0.25, -0.2) is 0 Å². The van der Waals surface area contributed by atoms with Crippen molar-refractivity contribution in [3.8, 4) is 11.5 Å². The van der Waals surface area contributed by atoms with Gasteiger partial charge in [-0.3, -0.25) is 0 Å². The molecule has 0 fully saturated rings. The van der Waals surface area contributed by atoms with E-state index < -0.39 is 0 Å². The summed E-state index contributed by atoms with van der Waals surface area (Å²) in [6, 6.07) is 5.86. The molecule has 0 unspecified atom stereocenters. The second kappa shape index (κ2) is 5.44. The molecule has 0 amide bonds. The van der Waals surface area contributed by atoms with Crippen molar-refractivity contribution in [3.05, 3.63) is 35.4 Å². The van der Waals surface area contributed by atoms with Crippen molar-refractivity contribution in [3.63, 3.8) is 0 Å². The Balaban J connectivity index is 2.96. The van der Waals surface area contributed by atoms with E-state index >= 15 is 0 Å². The van der Waals surface area contributed by atoms with E-state index in [1.54, 1.807) is 14.2 Å². The van der Waals surface area contributed by atoms with Gasteiger partial charge in [0.15, 0.2) is 0 Å². The fourth-order valence-corrected chi connectivity index (χ4v) is 1.36. The summed E-state index contributed by atoms with van der Waals surface area (Å²) >= 11 is 0. The highest BCUT2D eigenvalue weighted by molar-refractivity contribution is 5.41. The van der Waals surface area contributed by atoms with Crippen LogP contribution in [0.15, 0.2) is 29.8 Å². The molecule has 0 aliphatic rings. The van der Waals surface area contributed by atoms with E-state index in [-0.39, 0.29) is 0 Å². The summed E-state index contributed by atoms with van der Waals surface area (Å²) in [5, 5.41) is 0. The van der Waals surface area contributed by atoms with Crippen LogP contribution in [-0.4, -0.2) is 14.2 Å². The molecule has 0 bridgehead atoms. The number of allylic oxidation sites excluding steroid dienone is 2. The van der Waals surface area contributed by atoms with Crippen molar-refractivity contribution >= 4 is 0 Å². The van der Waals surface area contributed by atoms with Crippen molar-refractivity contribution in [1.29, 1.82) is 0 Å². The van der Waals surface area contributed by atoms with Gasteiger partial charge in [-0.2, -0.15) is 0 Å². The summed E-state index contributed by atoms with van der Waals surface area (Å²) in [7, 11) is 3.36. The van der Waals surface area contributed by atoms with E-state index in [1.807, 2.05) is 18.2 Å². The first-order valence-electron chi connectivity index (χ1n) is 5.01. The molecule has 0 atom stereocenters. The molecule has 0 aromatic heterocycles. The maximum atomic E-state index is 5.29. The van der Waals surface area contributed by atoms with Crippen molar-refractivity contribution in [2.75, 3.05) is 14.2 Å². The summed E-state index contributed by atoms with van der Waals surface area (Å²) in [6.07, 6.45) is 3.06. The van der Waals surface area contributed by atoms with Crippen molar-refractivity contribution in [1.82, 2.24) is 0 Å². The first-order chi connectivity index (χ1) is 7.17. The van der Waals surface area contributed by atoms with Gasteiger partial charge in [0.25, 0.3) is 0 Å². The molecule has 0 heterocycles. The smallest absolute Gasteiger partial charge is 0.122 e. The van der Waals surface area contributed by atoms with E-state index in [2.05, 4.69) is 19.9 Å². The van der Waals surface area contributed by atoms with Crippen LogP contribution in [-0.2, 0) is 6.42 Å². The average Bonchev–Trinajstić information content (AvgIpc) is 2.25. The van der Waals surface area contributed by atoms with Gasteiger partial charge in [0.1, 0.15) is 11.5 Å². The molecule has 2 nitrogen and oxygen atoms in total. The zero-order valence-electron chi connectivity index (χ0n) is 9.83. The van der Waals surface area contributed by atoms with Crippen LogP contribution in [0, 0.1) is 0 Å². The van der Waals surface area contributed by atoms with E-state index in [4.69, 9.17) is 9.47 Å². The van der Waals surface area contributed by atoms with E-state index in [9.17, 15) is 0 Å². The molecule has 0 radical (unpaired) electrons. The maximum Gasteiger partial charge on any atom is 0.122 e. The Morgan fingerprint density at radius 1 is 1.20 bits per heavy atom. The van der Waals surface area contributed by atoms with Crippen molar-refractivity contribution in [2.24, 2.45) is 0 Å². The van der Waals surface area contributed by atoms with Crippen LogP contribution < -0.4 is 9.47 Å². The molecule has 0 spiro atoms. The summed E-state index contributed by atoms with van der Waals surface area (Å²) in [5.41, 5.74) is 2.46. The molecule has 0 aliphatic carbocycles. The Bertz CT molecular complexity index is 350. The molecule has 0 N–H and O–H groups in total. The van der Waals surface area contributed by atoms with Crippen molar-refractivity contribution < 1.29 is 9.47 Å². The number of rotatable bonds is 4. The molecule has 1 aromatic rings. The zero-order chi connectivity index (χ0) is 11.3. The van der Waals surface area contributed by atoms with Gasteiger partial charge < -0.3 is 9.47 Å². The predicted molar refractivity (Wildman–Crippen MR) is 62.7 cm³/mol. The van der Waals surface area contributed by atoms with E-state index in [0.717, 1.165) is 23.5 Å². The van der Waals surface area contributed by atoms with Crippen LogP contribution in [0.4, 0.5) is 0 Å². The third kappa shape index (κ3) is 3.31. The lowest BCUT2D eigenvalue weighted by Gasteiger charge is -2.08. The third-order valence-electron chi connectivity index (χ3n) is 2.22. The molecule has 82 valence electrons. The Kier molecular flexibility index (Phi) is 4.22. The number of hydrogen-bond donors (Lipinski definition) is 0. The minimum absolute atomic E-state index is 0.868. The lowest BCUT2D eigenvalue weighted by Crippen LogP contribution is -1.92. The largest absolute Gasteiger partial charge is 0.497 e. The van der Waals surface area contributed by atoms with Crippen LogP contribution in [0.25, 0.3) is 0 Å². The normalized spacial score (nSPS) is 9.60. The Morgan fingerprint density at radius 2 is 1.93 bits per heavy atom. The monoisotopic (exact) mass is 206 g/mol. The van der Waals surface area contributed by atoms with Crippen LogP contribution in [0.5, 0.6) is 11.5 Å². The van der Waals surface area contributed by atoms with Crippen LogP contribution in [0.2, 0.25) is 0 Å². The standard InChI is InChI=1S/C13H18O2/c1-10(2)5-6-11-9-12(14-3)7-8-13(11)15-4/h5,7-9H,6H2,1-4H3. The predicted octanol–water partition coefficient (Wildman–Crippen LogP) is 3.21. The first kappa shape index (κ1) is 11.6. The fourth-order valence-electron chi connectivity index (χ4n) is 1.36. The first-order valence-corrected chi connectivity index (χ1v) is 5.01. The average molecular weight is 206 g/mol. The summed E-state index contributed by atoms with van der Waals surface area (Å²) in [5.74, 6) is 1.78. The summed E-state index contributed by atoms with van der Waals surface area (Å²) in [4.78, 5) is 0. The van der Waals surface area contributed by atoms with E-state index in [1.165, 1.54) is 5.57 Å². The lowest BCUT2D eigenvalue weighted by atomic mass is 10.1. The number of methoxy groups -OCH3 is 2. The molecule has 15 heavy (non-hydrogen) atoms. The number of hydrogen-bond acceptors (Lipinski definition) is 2. The van der Waals surface area contributed by atoms with Gasteiger partial charge in [0.05, 0.1) is 14.2 Å². The van der Waals surface area contributed by atoms with Gasteiger partial charge in [0.2, 0.25) is 0 Å². The van der Waals surface area contributed by atoms with Gasteiger partial charge >= 0.3 is 0 Å². The fraction of sp³-hybridized carbons (Fsp3) is 0.385. The molecule has 2 heteroatoms. The molecule has 0 saturated heterocycles. The van der Waals surface area contributed by atoms with Gasteiger partial charge in [-0.05, 0) is 38.5 Å². The minimum atomic E-state index is 0.868. The van der Waals surface area contributed by atoms with Gasteiger partial charge in [-0.1, -0.05) is 11.6 Å². The van der Waals surface area contributed by atoms with Gasteiger partial charge in [0, 0.05) is 5.56 Å². The Labute approximate surface area is 91.5 Å². The Morgan fingerprint density at radius 3 is 2.47 bits per heavy atom. The number of ether oxygens (including phenoxy) is 2. The summed E-state index contributed by atoms with van der Waals surface area (Å²) in [6.45, 7) is 4.18. The maximum absolute atomic E-state index is 5.29. The molecule has 1 aromatic carbocycles. The molecule has 1 rings (SSSR count). The second-order valence-corrected chi connectivity index (χ2v) is 3.66. The highest BCUT2D eigenvalue weighted by atomic mass is 16.5. The van der Waals surface area contributed by atoms with Crippen LogP contribution >= 0.6 is 0 Å². The molecule has 0 saturated carbocycles. The Hall–Kier alpha value is -1.44. The molecular formula is C13H18O2. The highest BCUT2D eigenvalue weighted by Gasteiger charge is 2.03. The van der Waals surface area contributed by atoms with E-state index in [0.29, 0.717) is 0 Å². The van der Waals surface area contributed by atoms with Crippen LogP contribution in [0.1, 0.15) is 19.4 Å². The molecular weight excluding hydrogens is 188 g/mol. The van der Waals surface area contributed by atoms with Crippen LogP contribution in [0.3, 0.4) is 0 Å².